The van der Waals surface area contributed by atoms with Gasteiger partial charge in [-0.15, -0.1) is 0 Å². The first-order chi connectivity index (χ1) is 11.4. The van der Waals surface area contributed by atoms with Gasteiger partial charge in [-0.2, -0.15) is 0 Å². The van der Waals surface area contributed by atoms with E-state index in [-0.39, 0.29) is 18.4 Å². The molecule has 24 heavy (non-hydrogen) atoms. The molecule has 3 amide bonds. The van der Waals surface area contributed by atoms with Crippen LogP contribution in [-0.4, -0.2) is 34.0 Å². The van der Waals surface area contributed by atoms with Gasteiger partial charge in [0.1, 0.15) is 11.4 Å². The number of aliphatic hydroxyl groups excluding tert-OH is 1. The molecule has 0 bridgehead atoms. The molecule has 1 aromatic carbocycles. The van der Waals surface area contributed by atoms with E-state index < -0.39 is 23.5 Å². The molecule has 2 atom stereocenters. The molecule has 130 valence electrons. The summed E-state index contributed by atoms with van der Waals surface area (Å²) in [6.45, 7) is 1.66. The fourth-order valence-corrected chi connectivity index (χ4v) is 3.80. The van der Waals surface area contributed by atoms with Gasteiger partial charge in [0, 0.05) is 0 Å². The average Bonchev–Trinajstić information content (AvgIpc) is 2.80. The summed E-state index contributed by atoms with van der Waals surface area (Å²) in [4.78, 5) is 26.2. The quantitative estimate of drug-likeness (QED) is 0.832. The SMILES string of the molecule is C[C@]1(C2CCCCC2)NC(=O)N(C[C@H](O)c2ccc(F)cc2)C1=O. The lowest BCUT2D eigenvalue weighted by molar-refractivity contribution is -0.134. The van der Waals surface area contributed by atoms with Crippen LogP contribution in [-0.2, 0) is 4.79 Å². The summed E-state index contributed by atoms with van der Waals surface area (Å²) in [6, 6.07) is 4.94. The van der Waals surface area contributed by atoms with Gasteiger partial charge in [-0.3, -0.25) is 9.69 Å². The number of amides is 3. The van der Waals surface area contributed by atoms with Crippen molar-refractivity contribution in [3.63, 3.8) is 0 Å². The molecule has 1 heterocycles. The lowest BCUT2D eigenvalue weighted by Gasteiger charge is -2.34. The maximum atomic E-state index is 13.0. The summed E-state index contributed by atoms with van der Waals surface area (Å²) in [5, 5.41) is 13.1. The average molecular weight is 334 g/mol. The van der Waals surface area contributed by atoms with Crippen molar-refractivity contribution in [1.29, 1.82) is 0 Å². The van der Waals surface area contributed by atoms with Gasteiger partial charge in [0.15, 0.2) is 0 Å². The van der Waals surface area contributed by atoms with E-state index in [9.17, 15) is 19.1 Å². The number of nitrogens with one attached hydrogen (secondary N) is 1. The van der Waals surface area contributed by atoms with Crippen LogP contribution in [0.4, 0.5) is 9.18 Å². The molecule has 2 fully saturated rings. The van der Waals surface area contributed by atoms with Crippen LogP contribution in [0.25, 0.3) is 0 Å². The third-order valence-electron chi connectivity index (χ3n) is 5.33. The minimum absolute atomic E-state index is 0.126. The van der Waals surface area contributed by atoms with E-state index in [4.69, 9.17) is 0 Å². The molecular formula is C18H23FN2O3. The molecule has 2 N–H and O–H groups in total. The van der Waals surface area contributed by atoms with Crippen molar-refractivity contribution >= 4 is 11.9 Å². The van der Waals surface area contributed by atoms with Crippen LogP contribution in [0.15, 0.2) is 24.3 Å². The topological polar surface area (TPSA) is 69.6 Å². The summed E-state index contributed by atoms with van der Waals surface area (Å²) in [6.07, 6.45) is 4.13. The standard InChI is InChI=1S/C18H23FN2O3/c1-18(13-5-3-2-4-6-13)16(23)21(17(24)20-18)11-15(22)12-7-9-14(19)10-8-12/h7-10,13,15,22H,2-6,11H2,1H3,(H,20,24)/t15-,18+/m0/s1. The zero-order valence-corrected chi connectivity index (χ0v) is 13.8. The highest BCUT2D eigenvalue weighted by atomic mass is 19.1. The summed E-state index contributed by atoms with van der Waals surface area (Å²) in [5.41, 5.74) is -0.414. The fourth-order valence-electron chi connectivity index (χ4n) is 3.80. The molecule has 1 aliphatic heterocycles. The minimum atomic E-state index is -1.03. The molecule has 0 spiro atoms. The summed E-state index contributed by atoms with van der Waals surface area (Å²) < 4.78 is 13.0. The molecule has 5 nitrogen and oxygen atoms in total. The first-order valence-electron chi connectivity index (χ1n) is 8.49. The Balaban J connectivity index is 1.73. The fraction of sp³-hybridized carbons (Fsp3) is 0.556. The normalized spacial score (nSPS) is 26.5. The molecule has 0 aromatic heterocycles. The van der Waals surface area contributed by atoms with Crippen molar-refractivity contribution in [1.82, 2.24) is 10.2 Å². The number of rotatable bonds is 4. The van der Waals surface area contributed by atoms with E-state index in [2.05, 4.69) is 5.32 Å². The van der Waals surface area contributed by atoms with Crippen molar-refractivity contribution in [3.05, 3.63) is 35.6 Å². The van der Waals surface area contributed by atoms with Crippen molar-refractivity contribution in [3.8, 4) is 0 Å². The highest BCUT2D eigenvalue weighted by Gasteiger charge is 2.52. The van der Waals surface area contributed by atoms with Crippen molar-refractivity contribution < 1.29 is 19.1 Å². The number of carbonyl (C=O) groups excluding carboxylic acids is 2. The van der Waals surface area contributed by atoms with Gasteiger partial charge in [-0.05, 0) is 43.4 Å². The van der Waals surface area contributed by atoms with E-state index >= 15 is 0 Å². The zero-order chi connectivity index (χ0) is 17.3. The maximum Gasteiger partial charge on any atom is 0.325 e. The number of hydrogen-bond donors (Lipinski definition) is 2. The van der Waals surface area contributed by atoms with E-state index in [0.717, 1.165) is 30.6 Å². The number of β-amino-alcohol motifs (C(OH)–C–C–N with tert-alkyl or cyclic N) is 1. The number of aliphatic hydroxyl groups is 1. The predicted octanol–water partition coefficient (Wildman–Crippen LogP) is 2.75. The molecule has 1 saturated heterocycles. The van der Waals surface area contributed by atoms with E-state index in [0.29, 0.717) is 5.56 Å². The van der Waals surface area contributed by atoms with Gasteiger partial charge in [0.2, 0.25) is 0 Å². The van der Waals surface area contributed by atoms with Gasteiger partial charge < -0.3 is 10.4 Å². The van der Waals surface area contributed by atoms with E-state index in [1.807, 2.05) is 0 Å². The number of nitrogens with zero attached hydrogens (tertiary/aromatic N) is 1. The Labute approximate surface area is 140 Å². The Hall–Kier alpha value is -1.95. The molecule has 1 aromatic rings. The van der Waals surface area contributed by atoms with E-state index in [1.54, 1.807) is 6.92 Å². The number of benzene rings is 1. The van der Waals surface area contributed by atoms with E-state index in [1.165, 1.54) is 30.7 Å². The first kappa shape index (κ1) is 16.9. The molecule has 0 radical (unpaired) electrons. The highest BCUT2D eigenvalue weighted by molar-refractivity contribution is 6.07. The minimum Gasteiger partial charge on any atom is -0.387 e. The lowest BCUT2D eigenvalue weighted by atomic mass is 9.75. The number of halogens is 1. The van der Waals surface area contributed by atoms with Gasteiger partial charge in [0.05, 0.1) is 12.6 Å². The molecule has 1 aliphatic carbocycles. The monoisotopic (exact) mass is 334 g/mol. The molecule has 3 rings (SSSR count). The number of carbonyl (C=O) groups is 2. The van der Waals surface area contributed by atoms with Crippen LogP contribution in [0.1, 0.15) is 50.7 Å². The molecule has 0 unspecified atom stereocenters. The Bertz CT molecular complexity index is 628. The second-order valence-electron chi connectivity index (χ2n) is 6.95. The number of urea groups is 1. The van der Waals surface area contributed by atoms with Crippen LogP contribution in [0.3, 0.4) is 0 Å². The van der Waals surface area contributed by atoms with Gasteiger partial charge in [-0.1, -0.05) is 31.4 Å². The summed E-state index contributed by atoms with van der Waals surface area (Å²) >= 11 is 0. The van der Waals surface area contributed by atoms with Crippen LogP contribution in [0.2, 0.25) is 0 Å². The van der Waals surface area contributed by atoms with Gasteiger partial charge in [0.25, 0.3) is 5.91 Å². The smallest absolute Gasteiger partial charge is 0.325 e. The van der Waals surface area contributed by atoms with Gasteiger partial charge >= 0.3 is 6.03 Å². The Morgan fingerprint density at radius 3 is 2.50 bits per heavy atom. The summed E-state index contributed by atoms with van der Waals surface area (Å²) in [5.74, 6) is -0.540. The molecule has 1 saturated carbocycles. The number of hydrogen-bond acceptors (Lipinski definition) is 3. The molecular weight excluding hydrogens is 311 g/mol. The first-order valence-corrected chi connectivity index (χ1v) is 8.49. The lowest BCUT2D eigenvalue weighted by Crippen LogP contribution is -2.51. The Morgan fingerprint density at radius 1 is 1.25 bits per heavy atom. The van der Waals surface area contributed by atoms with Crippen molar-refractivity contribution in [2.45, 2.75) is 50.7 Å². The van der Waals surface area contributed by atoms with Crippen LogP contribution >= 0.6 is 0 Å². The van der Waals surface area contributed by atoms with Crippen LogP contribution in [0, 0.1) is 11.7 Å². The van der Waals surface area contributed by atoms with Gasteiger partial charge in [-0.25, -0.2) is 9.18 Å². The maximum absolute atomic E-state index is 13.0. The zero-order valence-electron chi connectivity index (χ0n) is 13.8. The molecule has 2 aliphatic rings. The highest BCUT2D eigenvalue weighted by Crippen LogP contribution is 2.36. The molecule has 6 heteroatoms. The van der Waals surface area contributed by atoms with Crippen LogP contribution < -0.4 is 5.32 Å². The number of imide groups is 1. The van der Waals surface area contributed by atoms with Crippen LogP contribution in [0.5, 0.6) is 0 Å². The Kier molecular flexibility index (Phi) is 4.58. The second-order valence-corrected chi connectivity index (χ2v) is 6.95. The van der Waals surface area contributed by atoms with Crippen molar-refractivity contribution in [2.24, 2.45) is 5.92 Å². The largest absolute Gasteiger partial charge is 0.387 e. The summed E-state index contributed by atoms with van der Waals surface area (Å²) in [7, 11) is 0. The third kappa shape index (κ3) is 3.02. The predicted molar refractivity (Wildman–Crippen MR) is 86.6 cm³/mol. The third-order valence-corrected chi connectivity index (χ3v) is 5.33. The Morgan fingerprint density at radius 2 is 1.88 bits per heavy atom. The van der Waals surface area contributed by atoms with Crippen molar-refractivity contribution in [2.75, 3.05) is 6.54 Å². The second kappa shape index (κ2) is 6.51.